The van der Waals surface area contributed by atoms with E-state index in [9.17, 15) is 0 Å². The molecule has 1 N–H and O–H groups in total. The molecule has 0 bridgehead atoms. The fourth-order valence-electron chi connectivity index (χ4n) is 3.26. The number of ether oxygens (including phenoxy) is 2. The minimum Gasteiger partial charge on any atom is -0.490 e. The molecule has 0 amide bonds. The zero-order chi connectivity index (χ0) is 14.5. The third-order valence-electron chi connectivity index (χ3n) is 4.55. The Labute approximate surface area is 127 Å². The maximum absolute atomic E-state index is 6.25. The summed E-state index contributed by atoms with van der Waals surface area (Å²) in [6, 6.07) is 1.97. The van der Waals surface area contributed by atoms with Crippen molar-refractivity contribution in [1.82, 2.24) is 10.3 Å². The van der Waals surface area contributed by atoms with Gasteiger partial charge in [0.05, 0.1) is 18.3 Å². The number of pyridine rings is 1. The van der Waals surface area contributed by atoms with Crippen molar-refractivity contribution in [3.8, 4) is 5.75 Å². The molecule has 0 unspecified atom stereocenters. The standard InChI is InChI=1S/C17H26N2O2/c1-13-12-19-11-8-17(13)21-15-4-2-14(3-5-15)20-16-6-9-18-10-7-16/h8,11-12,14-16,18H,2-7,9-10H2,1H3/t14-,15-. The van der Waals surface area contributed by atoms with Gasteiger partial charge >= 0.3 is 0 Å². The summed E-state index contributed by atoms with van der Waals surface area (Å²) in [5.74, 6) is 0.979. The van der Waals surface area contributed by atoms with Crippen LogP contribution in [-0.2, 0) is 4.74 Å². The average molecular weight is 290 g/mol. The van der Waals surface area contributed by atoms with Crippen LogP contribution in [0, 0.1) is 6.92 Å². The van der Waals surface area contributed by atoms with E-state index in [2.05, 4.69) is 10.3 Å². The van der Waals surface area contributed by atoms with Gasteiger partial charge < -0.3 is 14.8 Å². The first-order chi connectivity index (χ1) is 10.3. The molecular formula is C17H26N2O2. The molecule has 2 fully saturated rings. The second-order valence-corrected chi connectivity index (χ2v) is 6.24. The summed E-state index contributed by atoms with van der Waals surface area (Å²) in [5, 5.41) is 3.39. The molecule has 0 atom stereocenters. The lowest BCUT2D eigenvalue weighted by Crippen LogP contribution is -2.37. The van der Waals surface area contributed by atoms with Crippen molar-refractivity contribution in [3.63, 3.8) is 0 Å². The summed E-state index contributed by atoms with van der Waals surface area (Å²) in [5.41, 5.74) is 1.12. The van der Waals surface area contributed by atoms with E-state index in [0.717, 1.165) is 62.9 Å². The normalized spacial score (nSPS) is 27.5. The Bertz CT molecular complexity index is 438. The third kappa shape index (κ3) is 4.17. The Morgan fingerprint density at radius 3 is 2.38 bits per heavy atom. The molecule has 1 saturated carbocycles. The summed E-state index contributed by atoms with van der Waals surface area (Å²) in [6.07, 6.45) is 11.7. The number of hydrogen-bond acceptors (Lipinski definition) is 4. The Kier molecular flexibility index (Phi) is 5.09. The average Bonchev–Trinajstić information content (AvgIpc) is 2.52. The van der Waals surface area contributed by atoms with E-state index in [1.807, 2.05) is 19.2 Å². The van der Waals surface area contributed by atoms with Crippen LogP contribution in [0.15, 0.2) is 18.5 Å². The van der Waals surface area contributed by atoms with Gasteiger partial charge in [-0.3, -0.25) is 4.98 Å². The molecule has 1 saturated heterocycles. The topological polar surface area (TPSA) is 43.4 Å². The molecule has 4 heteroatoms. The zero-order valence-corrected chi connectivity index (χ0v) is 12.9. The summed E-state index contributed by atoms with van der Waals surface area (Å²) < 4.78 is 12.4. The van der Waals surface area contributed by atoms with E-state index in [-0.39, 0.29) is 0 Å². The van der Waals surface area contributed by atoms with Crippen molar-refractivity contribution in [1.29, 1.82) is 0 Å². The fraction of sp³-hybridized carbons (Fsp3) is 0.706. The molecule has 116 valence electrons. The number of nitrogens with zero attached hydrogens (tertiary/aromatic N) is 1. The molecule has 1 aliphatic heterocycles. The van der Waals surface area contributed by atoms with Crippen molar-refractivity contribution in [2.45, 2.75) is 63.8 Å². The van der Waals surface area contributed by atoms with Crippen LogP contribution in [-0.4, -0.2) is 36.4 Å². The Balaban J connectivity index is 1.43. The Morgan fingerprint density at radius 2 is 1.67 bits per heavy atom. The maximum atomic E-state index is 6.25. The monoisotopic (exact) mass is 290 g/mol. The Morgan fingerprint density at radius 1 is 1.00 bits per heavy atom. The molecule has 0 aromatic carbocycles. The highest BCUT2D eigenvalue weighted by Crippen LogP contribution is 2.28. The van der Waals surface area contributed by atoms with Gasteiger partial charge in [-0.2, -0.15) is 0 Å². The number of piperidine rings is 1. The van der Waals surface area contributed by atoms with Gasteiger partial charge in [0.1, 0.15) is 5.75 Å². The van der Waals surface area contributed by atoms with Crippen LogP contribution in [0.3, 0.4) is 0 Å². The maximum Gasteiger partial charge on any atom is 0.125 e. The summed E-state index contributed by atoms with van der Waals surface area (Å²) in [6.45, 7) is 4.25. The third-order valence-corrected chi connectivity index (χ3v) is 4.55. The van der Waals surface area contributed by atoms with E-state index in [1.165, 1.54) is 0 Å². The highest BCUT2D eigenvalue weighted by molar-refractivity contribution is 5.28. The lowest BCUT2D eigenvalue weighted by molar-refractivity contribution is -0.0548. The van der Waals surface area contributed by atoms with Gasteiger partial charge in [0.2, 0.25) is 0 Å². The van der Waals surface area contributed by atoms with Crippen molar-refractivity contribution < 1.29 is 9.47 Å². The second kappa shape index (κ2) is 7.23. The van der Waals surface area contributed by atoms with E-state index < -0.39 is 0 Å². The predicted molar refractivity (Wildman–Crippen MR) is 82.6 cm³/mol. The van der Waals surface area contributed by atoms with E-state index in [0.29, 0.717) is 18.3 Å². The van der Waals surface area contributed by atoms with E-state index in [4.69, 9.17) is 9.47 Å². The fourth-order valence-corrected chi connectivity index (χ4v) is 3.26. The van der Waals surface area contributed by atoms with Gasteiger partial charge in [-0.15, -0.1) is 0 Å². The van der Waals surface area contributed by atoms with Crippen molar-refractivity contribution >= 4 is 0 Å². The summed E-state index contributed by atoms with van der Waals surface area (Å²) >= 11 is 0. The quantitative estimate of drug-likeness (QED) is 0.926. The lowest BCUT2D eigenvalue weighted by atomic mass is 9.94. The van der Waals surface area contributed by atoms with Crippen LogP contribution >= 0.6 is 0 Å². The molecule has 4 nitrogen and oxygen atoms in total. The molecule has 2 heterocycles. The van der Waals surface area contributed by atoms with Gasteiger partial charge in [-0.05, 0) is 64.6 Å². The van der Waals surface area contributed by atoms with Crippen LogP contribution in [0.4, 0.5) is 0 Å². The second-order valence-electron chi connectivity index (χ2n) is 6.24. The number of nitrogens with one attached hydrogen (secondary N) is 1. The smallest absolute Gasteiger partial charge is 0.125 e. The first-order valence-electron chi connectivity index (χ1n) is 8.24. The van der Waals surface area contributed by atoms with Crippen LogP contribution < -0.4 is 10.1 Å². The number of aryl methyl sites for hydroxylation is 1. The number of aromatic nitrogens is 1. The molecule has 3 rings (SSSR count). The number of hydrogen-bond donors (Lipinski definition) is 1. The molecule has 0 radical (unpaired) electrons. The van der Waals surface area contributed by atoms with Crippen molar-refractivity contribution in [3.05, 3.63) is 24.0 Å². The minimum atomic E-state index is 0.332. The van der Waals surface area contributed by atoms with Crippen LogP contribution in [0.25, 0.3) is 0 Å². The SMILES string of the molecule is Cc1cnccc1O[C@H]1CC[C@H](OC2CCNCC2)CC1. The Hall–Kier alpha value is -1.13. The van der Waals surface area contributed by atoms with Gasteiger partial charge in [0, 0.05) is 18.0 Å². The van der Waals surface area contributed by atoms with Crippen molar-refractivity contribution in [2.24, 2.45) is 0 Å². The molecule has 2 aliphatic rings. The van der Waals surface area contributed by atoms with Gasteiger partial charge in [0.25, 0.3) is 0 Å². The van der Waals surface area contributed by atoms with Crippen LogP contribution in [0.2, 0.25) is 0 Å². The number of rotatable bonds is 4. The minimum absolute atomic E-state index is 0.332. The first kappa shape index (κ1) is 14.8. The predicted octanol–water partition coefficient (Wildman–Crippen LogP) is 2.85. The summed E-state index contributed by atoms with van der Waals surface area (Å²) in [7, 11) is 0. The van der Waals surface area contributed by atoms with E-state index in [1.54, 1.807) is 6.20 Å². The molecule has 0 spiro atoms. The van der Waals surface area contributed by atoms with Gasteiger partial charge in [-0.1, -0.05) is 0 Å². The van der Waals surface area contributed by atoms with Gasteiger partial charge in [-0.25, -0.2) is 0 Å². The van der Waals surface area contributed by atoms with Crippen LogP contribution in [0.1, 0.15) is 44.1 Å². The highest BCUT2D eigenvalue weighted by atomic mass is 16.5. The molecule has 1 aliphatic carbocycles. The van der Waals surface area contributed by atoms with Gasteiger partial charge in [0.15, 0.2) is 0 Å². The lowest BCUT2D eigenvalue weighted by Gasteiger charge is -2.33. The van der Waals surface area contributed by atoms with Crippen molar-refractivity contribution in [2.75, 3.05) is 13.1 Å². The zero-order valence-electron chi connectivity index (χ0n) is 12.9. The molecule has 1 aromatic rings. The molecular weight excluding hydrogens is 264 g/mol. The first-order valence-corrected chi connectivity index (χ1v) is 8.24. The van der Waals surface area contributed by atoms with E-state index >= 15 is 0 Å². The summed E-state index contributed by atoms with van der Waals surface area (Å²) in [4.78, 5) is 4.11. The van der Waals surface area contributed by atoms with Crippen LogP contribution in [0.5, 0.6) is 5.75 Å². The molecule has 1 aromatic heterocycles. The highest BCUT2D eigenvalue weighted by Gasteiger charge is 2.26. The molecule has 21 heavy (non-hydrogen) atoms. The largest absolute Gasteiger partial charge is 0.490 e.